The van der Waals surface area contributed by atoms with Gasteiger partial charge < -0.3 is 9.47 Å². The van der Waals surface area contributed by atoms with E-state index in [9.17, 15) is 0 Å². The topological polar surface area (TPSA) is 18.5 Å². The van der Waals surface area contributed by atoms with Crippen LogP contribution in [-0.2, 0) is 9.47 Å². The molecule has 104 valence electrons. The van der Waals surface area contributed by atoms with Crippen molar-refractivity contribution in [2.45, 2.75) is 57.3 Å². The molecule has 0 spiro atoms. The zero-order valence-corrected chi connectivity index (χ0v) is 12.5. The van der Waals surface area contributed by atoms with Gasteiger partial charge in [-0.3, -0.25) is 0 Å². The Morgan fingerprint density at radius 1 is 1.11 bits per heavy atom. The third kappa shape index (κ3) is 2.73. The molecule has 0 amide bonds. The molecule has 0 radical (unpaired) electrons. The van der Waals surface area contributed by atoms with Crippen LogP contribution in [0.3, 0.4) is 0 Å². The Morgan fingerprint density at radius 3 is 2.17 bits per heavy atom. The molecule has 1 unspecified atom stereocenters. The Hall–Kier alpha value is 0.270. The first-order valence-electron chi connectivity index (χ1n) is 7.47. The van der Waals surface area contributed by atoms with Crippen LogP contribution < -0.4 is 0 Å². The summed E-state index contributed by atoms with van der Waals surface area (Å²) in [6, 6.07) is 0. The third-order valence-electron chi connectivity index (χ3n) is 5.04. The van der Waals surface area contributed by atoms with Crippen LogP contribution in [0.1, 0.15) is 45.4 Å². The summed E-state index contributed by atoms with van der Waals surface area (Å²) in [5, 5.41) is 0. The fourth-order valence-electron chi connectivity index (χ4n) is 4.86. The predicted octanol–water partition coefficient (Wildman–Crippen LogP) is 3.70. The van der Waals surface area contributed by atoms with Gasteiger partial charge in [-0.25, -0.2) is 0 Å². The van der Waals surface area contributed by atoms with E-state index < -0.39 is 0 Å². The molecule has 2 nitrogen and oxygen atoms in total. The van der Waals surface area contributed by atoms with Crippen molar-refractivity contribution in [2.75, 3.05) is 18.6 Å². The SMILES string of the molecule is CSCCOC(C)OC12CC3CC(CC(C3)C1)C2. The van der Waals surface area contributed by atoms with Gasteiger partial charge in [-0.15, -0.1) is 0 Å². The third-order valence-corrected chi connectivity index (χ3v) is 5.61. The standard InChI is InChI=1S/C15H26O2S/c1-11(16-3-4-18-2)17-15-8-12-5-13(9-15)7-14(6-12)10-15/h11-14H,3-10H2,1-2H3. The van der Waals surface area contributed by atoms with Crippen molar-refractivity contribution < 1.29 is 9.47 Å². The first-order valence-corrected chi connectivity index (χ1v) is 8.87. The van der Waals surface area contributed by atoms with E-state index in [0.717, 1.165) is 30.1 Å². The molecule has 3 heteroatoms. The van der Waals surface area contributed by atoms with Crippen molar-refractivity contribution in [3.05, 3.63) is 0 Å². The highest BCUT2D eigenvalue weighted by molar-refractivity contribution is 7.98. The average molecular weight is 270 g/mol. The molecule has 0 aromatic rings. The zero-order chi connectivity index (χ0) is 12.6. The molecule has 0 aliphatic heterocycles. The molecule has 0 N–H and O–H groups in total. The molecule has 4 fully saturated rings. The predicted molar refractivity (Wildman–Crippen MR) is 75.8 cm³/mol. The van der Waals surface area contributed by atoms with Gasteiger partial charge in [0.1, 0.15) is 0 Å². The summed E-state index contributed by atoms with van der Waals surface area (Å²) in [5.74, 6) is 3.92. The van der Waals surface area contributed by atoms with Gasteiger partial charge in [-0.2, -0.15) is 11.8 Å². The van der Waals surface area contributed by atoms with Gasteiger partial charge in [-0.05, 0) is 69.5 Å². The Morgan fingerprint density at radius 2 is 1.67 bits per heavy atom. The van der Waals surface area contributed by atoms with E-state index in [1.54, 1.807) is 0 Å². The summed E-state index contributed by atoms with van der Waals surface area (Å²) < 4.78 is 12.1. The second-order valence-electron chi connectivity index (χ2n) is 6.65. The van der Waals surface area contributed by atoms with E-state index in [-0.39, 0.29) is 11.9 Å². The van der Waals surface area contributed by atoms with E-state index >= 15 is 0 Å². The zero-order valence-electron chi connectivity index (χ0n) is 11.7. The minimum atomic E-state index is -0.0200. The van der Waals surface area contributed by atoms with Crippen LogP contribution in [0.2, 0.25) is 0 Å². The fourth-order valence-corrected chi connectivity index (χ4v) is 5.12. The molecule has 4 saturated carbocycles. The van der Waals surface area contributed by atoms with Gasteiger partial charge in [0.25, 0.3) is 0 Å². The highest BCUT2D eigenvalue weighted by atomic mass is 32.2. The fraction of sp³-hybridized carbons (Fsp3) is 1.00. The number of ether oxygens (including phenoxy) is 2. The summed E-state index contributed by atoms with van der Waals surface area (Å²) in [5.41, 5.74) is 0.188. The van der Waals surface area contributed by atoms with Crippen molar-refractivity contribution in [1.82, 2.24) is 0 Å². The largest absolute Gasteiger partial charge is 0.352 e. The van der Waals surface area contributed by atoms with E-state index in [2.05, 4.69) is 13.2 Å². The number of hydrogen-bond donors (Lipinski definition) is 0. The highest BCUT2D eigenvalue weighted by Gasteiger charge is 2.52. The van der Waals surface area contributed by atoms with Crippen molar-refractivity contribution >= 4 is 11.8 Å². The molecular formula is C15H26O2S. The van der Waals surface area contributed by atoms with Crippen LogP contribution in [0.25, 0.3) is 0 Å². The van der Waals surface area contributed by atoms with Gasteiger partial charge in [0, 0.05) is 5.75 Å². The number of thioether (sulfide) groups is 1. The summed E-state index contributed by atoms with van der Waals surface area (Å²) >= 11 is 1.83. The normalized spacial score (nSPS) is 43.3. The molecule has 18 heavy (non-hydrogen) atoms. The Balaban J connectivity index is 1.55. The quantitative estimate of drug-likeness (QED) is 0.541. The molecule has 0 saturated heterocycles. The minimum absolute atomic E-state index is 0.0200. The Bertz CT molecular complexity index is 257. The van der Waals surface area contributed by atoms with E-state index in [4.69, 9.17) is 9.47 Å². The van der Waals surface area contributed by atoms with Crippen LogP contribution in [0.4, 0.5) is 0 Å². The first-order chi connectivity index (χ1) is 8.69. The summed E-state index contributed by atoms with van der Waals surface area (Å²) in [6.07, 6.45) is 10.4. The van der Waals surface area contributed by atoms with Crippen molar-refractivity contribution in [2.24, 2.45) is 17.8 Å². The molecule has 4 rings (SSSR count). The summed E-state index contributed by atoms with van der Waals surface area (Å²) in [6.45, 7) is 2.90. The Labute approximate surface area is 115 Å². The minimum Gasteiger partial charge on any atom is -0.352 e. The van der Waals surface area contributed by atoms with Gasteiger partial charge >= 0.3 is 0 Å². The van der Waals surface area contributed by atoms with Gasteiger partial charge in [0.05, 0.1) is 12.2 Å². The molecule has 4 aliphatic carbocycles. The molecular weight excluding hydrogens is 244 g/mol. The van der Waals surface area contributed by atoms with E-state index in [1.165, 1.54) is 38.5 Å². The van der Waals surface area contributed by atoms with Crippen molar-refractivity contribution in [3.63, 3.8) is 0 Å². The molecule has 0 heterocycles. The van der Waals surface area contributed by atoms with Crippen molar-refractivity contribution in [3.8, 4) is 0 Å². The van der Waals surface area contributed by atoms with Crippen LogP contribution >= 0.6 is 11.8 Å². The maximum Gasteiger partial charge on any atom is 0.155 e. The lowest BCUT2D eigenvalue weighted by molar-refractivity contribution is -0.248. The van der Waals surface area contributed by atoms with Crippen LogP contribution in [0.15, 0.2) is 0 Å². The lowest BCUT2D eigenvalue weighted by Gasteiger charge is -2.56. The highest BCUT2D eigenvalue weighted by Crippen LogP contribution is 2.57. The van der Waals surface area contributed by atoms with Crippen LogP contribution in [-0.4, -0.2) is 30.5 Å². The molecule has 0 aromatic heterocycles. The van der Waals surface area contributed by atoms with Crippen LogP contribution in [0, 0.1) is 17.8 Å². The lowest BCUT2D eigenvalue weighted by atomic mass is 9.54. The maximum atomic E-state index is 6.37. The van der Waals surface area contributed by atoms with Crippen molar-refractivity contribution in [1.29, 1.82) is 0 Å². The lowest BCUT2D eigenvalue weighted by Crippen LogP contribution is -2.53. The first kappa shape index (κ1) is 13.3. The molecule has 4 bridgehead atoms. The Kier molecular flexibility index (Phi) is 3.93. The molecule has 0 aromatic carbocycles. The van der Waals surface area contributed by atoms with Gasteiger partial charge in [-0.1, -0.05) is 0 Å². The maximum absolute atomic E-state index is 6.37. The molecule has 4 aliphatic rings. The van der Waals surface area contributed by atoms with Gasteiger partial charge in [0.15, 0.2) is 6.29 Å². The monoisotopic (exact) mass is 270 g/mol. The summed E-state index contributed by atoms with van der Waals surface area (Å²) in [4.78, 5) is 0. The summed E-state index contributed by atoms with van der Waals surface area (Å²) in [7, 11) is 0. The molecule has 1 atom stereocenters. The second kappa shape index (κ2) is 5.34. The van der Waals surface area contributed by atoms with Crippen LogP contribution in [0.5, 0.6) is 0 Å². The second-order valence-corrected chi connectivity index (χ2v) is 7.64. The van der Waals surface area contributed by atoms with Gasteiger partial charge in [0.2, 0.25) is 0 Å². The average Bonchev–Trinajstić information content (AvgIpc) is 2.26. The number of rotatable bonds is 6. The smallest absolute Gasteiger partial charge is 0.155 e. The number of hydrogen-bond acceptors (Lipinski definition) is 3. The van der Waals surface area contributed by atoms with E-state index in [1.807, 2.05) is 11.8 Å². The van der Waals surface area contributed by atoms with E-state index in [0.29, 0.717) is 0 Å².